The van der Waals surface area contributed by atoms with Crippen molar-refractivity contribution in [2.45, 2.75) is 20.5 Å². The number of esters is 1. The van der Waals surface area contributed by atoms with E-state index >= 15 is 0 Å². The highest BCUT2D eigenvalue weighted by atomic mass is 79.9. The third kappa shape index (κ3) is 6.96. The first-order chi connectivity index (χ1) is 15.0. The topological polar surface area (TPSA) is 78.7 Å². The van der Waals surface area contributed by atoms with Gasteiger partial charge in [0.15, 0.2) is 0 Å². The monoisotopic (exact) mass is 488 g/mol. The number of hydrogen-bond donors (Lipinski definition) is 0. The molecule has 0 spiro atoms. The van der Waals surface area contributed by atoms with Crippen molar-refractivity contribution in [2.24, 2.45) is 10.3 Å². The number of halogens is 1. The summed E-state index contributed by atoms with van der Waals surface area (Å²) < 4.78 is 10.9. The van der Waals surface area contributed by atoms with E-state index in [2.05, 4.69) is 26.2 Å². The molecular weight excluding hydrogens is 464 g/mol. The Morgan fingerprint density at radius 3 is 2.39 bits per heavy atom. The van der Waals surface area contributed by atoms with Crippen LogP contribution in [0, 0.1) is 0 Å². The van der Waals surface area contributed by atoms with Gasteiger partial charge >= 0.3 is 5.97 Å². The highest BCUT2D eigenvalue weighted by molar-refractivity contribution is 9.10. The molecule has 8 heteroatoms. The SMILES string of the molecule is CCON=C(C(C)=NOCc1ccccc1C(=COC)C(=O)OC)c1ccc(Br)cc1. The molecule has 0 unspecified atom stereocenters. The van der Waals surface area contributed by atoms with Gasteiger partial charge in [-0.15, -0.1) is 0 Å². The van der Waals surface area contributed by atoms with E-state index in [1.807, 2.05) is 49.4 Å². The van der Waals surface area contributed by atoms with Gasteiger partial charge in [0.1, 0.15) is 30.2 Å². The molecule has 7 nitrogen and oxygen atoms in total. The van der Waals surface area contributed by atoms with Gasteiger partial charge in [-0.05, 0) is 31.5 Å². The van der Waals surface area contributed by atoms with Gasteiger partial charge in [-0.25, -0.2) is 4.79 Å². The molecule has 0 bridgehead atoms. The molecule has 0 aliphatic carbocycles. The molecule has 0 saturated heterocycles. The molecular formula is C23H25BrN2O5. The Balaban J connectivity index is 2.25. The van der Waals surface area contributed by atoms with E-state index in [0.717, 1.165) is 15.6 Å². The lowest BCUT2D eigenvalue weighted by molar-refractivity contribution is -0.133. The summed E-state index contributed by atoms with van der Waals surface area (Å²) in [5, 5.41) is 8.39. The van der Waals surface area contributed by atoms with Crippen LogP contribution in [0.15, 0.2) is 69.6 Å². The fourth-order valence-corrected chi connectivity index (χ4v) is 2.93. The molecule has 0 aromatic heterocycles. The Hall–Kier alpha value is -3.13. The molecule has 0 amide bonds. The van der Waals surface area contributed by atoms with Crippen molar-refractivity contribution in [3.05, 3.63) is 76.0 Å². The van der Waals surface area contributed by atoms with Crippen molar-refractivity contribution in [3.63, 3.8) is 0 Å². The molecule has 2 aromatic carbocycles. The van der Waals surface area contributed by atoms with E-state index < -0.39 is 5.97 Å². The van der Waals surface area contributed by atoms with E-state index in [0.29, 0.717) is 29.2 Å². The normalized spacial score (nSPS) is 12.4. The van der Waals surface area contributed by atoms with Crippen LogP contribution >= 0.6 is 15.9 Å². The second kappa shape index (κ2) is 12.5. The average Bonchev–Trinajstić information content (AvgIpc) is 2.79. The smallest absolute Gasteiger partial charge is 0.341 e. The maximum Gasteiger partial charge on any atom is 0.341 e. The van der Waals surface area contributed by atoms with E-state index in [1.165, 1.54) is 20.5 Å². The van der Waals surface area contributed by atoms with Gasteiger partial charge in [-0.3, -0.25) is 0 Å². The first-order valence-electron chi connectivity index (χ1n) is 9.54. The maximum absolute atomic E-state index is 12.1. The minimum absolute atomic E-state index is 0.133. The molecule has 0 fully saturated rings. The number of rotatable bonds is 10. The molecule has 164 valence electrons. The lowest BCUT2D eigenvalue weighted by atomic mass is 10.0. The highest BCUT2D eigenvalue weighted by Gasteiger charge is 2.17. The van der Waals surface area contributed by atoms with Crippen molar-refractivity contribution in [1.29, 1.82) is 0 Å². The summed E-state index contributed by atoms with van der Waals surface area (Å²) in [5.74, 6) is -0.504. The number of hydrogen-bond acceptors (Lipinski definition) is 7. The van der Waals surface area contributed by atoms with Crippen molar-refractivity contribution < 1.29 is 23.9 Å². The molecule has 0 N–H and O–H groups in total. The number of nitrogens with zero attached hydrogens (tertiary/aromatic N) is 2. The first kappa shape index (κ1) is 24.1. The Morgan fingerprint density at radius 1 is 1.03 bits per heavy atom. The summed E-state index contributed by atoms with van der Waals surface area (Å²) in [5.41, 5.74) is 3.64. The fourth-order valence-electron chi connectivity index (χ4n) is 2.66. The van der Waals surface area contributed by atoms with Crippen LogP contribution in [-0.4, -0.2) is 38.2 Å². The molecule has 31 heavy (non-hydrogen) atoms. The zero-order valence-corrected chi connectivity index (χ0v) is 19.5. The summed E-state index contributed by atoms with van der Waals surface area (Å²) in [4.78, 5) is 23.0. The highest BCUT2D eigenvalue weighted by Crippen LogP contribution is 2.22. The Morgan fingerprint density at radius 2 is 1.74 bits per heavy atom. The van der Waals surface area contributed by atoms with Crippen molar-refractivity contribution in [3.8, 4) is 0 Å². The van der Waals surface area contributed by atoms with E-state index in [-0.39, 0.29) is 6.61 Å². The van der Waals surface area contributed by atoms with Gasteiger partial charge in [-0.2, -0.15) is 0 Å². The molecule has 0 radical (unpaired) electrons. The Kier molecular flexibility index (Phi) is 9.77. The van der Waals surface area contributed by atoms with Crippen LogP contribution in [-0.2, 0) is 30.6 Å². The number of oxime groups is 2. The van der Waals surface area contributed by atoms with Crippen molar-refractivity contribution in [1.82, 2.24) is 0 Å². The minimum atomic E-state index is -0.504. The van der Waals surface area contributed by atoms with Gasteiger partial charge < -0.3 is 19.1 Å². The van der Waals surface area contributed by atoms with Crippen LogP contribution in [0.3, 0.4) is 0 Å². The second-order valence-corrected chi connectivity index (χ2v) is 7.15. The number of methoxy groups -OCH3 is 2. The summed E-state index contributed by atoms with van der Waals surface area (Å²) in [7, 11) is 2.79. The predicted octanol–water partition coefficient (Wildman–Crippen LogP) is 4.94. The Bertz CT molecular complexity index is 968. The molecule has 0 heterocycles. The number of benzene rings is 2. The van der Waals surface area contributed by atoms with Gasteiger partial charge in [0, 0.05) is 15.6 Å². The van der Waals surface area contributed by atoms with Crippen LogP contribution in [0.25, 0.3) is 5.57 Å². The second-order valence-electron chi connectivity index (χ2n) is 6.23. The summed E-state index contributed by atoms with van der Waals surface area (Å²) >= 11 is 3.42. The largest absolute Gasteiger partial charge is 0.503 e. The Labute approximate surface area is 190 Å². The molecule has 0 atom stereocenters. The van der Waals surface area contributed by atoms with Crippen molar-refractivity contribution >= 4 is 38.9 Å². The molecule has 2 rings (SSSR count). The number of carbonyl (C=O) groups is 1. The van der Waals surface area contributed by atoms with Gasteiger partial charge in [0.2, 0.25) is 0 Å². The standard InChI is InChI=1S/C23H25BrN2O5/c1-5-30-26-22(17-10-12-19(24)13-11-17)16(2)25-31-14-18-8-6-7-9-20(18)21(15-28-3)23(27)29-4/h6-13,15H,5,14H2,1-4H3. The fraction of sp³-hybridized carbons (Fsp3) is 0.261. The van der Waals surface area contributed by atoms with E-state index in [9.17, 15) is 4.79 Å². The molecule has 2 aromatic rings. The van der Waals surface area contributed by atoms with Crippen LogP contribution in [0.4, 0.5) is 0 Å². The predicted molar refractivity (Wildman–Crippen MR) is 124 cm³/mol. The zero-order chi connectivity index (χ0) is 22.6. The maximum atomic E-state index is 12.1. The quantitative estimate of drug-likeness (QED) is 0.155. The molecule has 0 aliphatic heterocycles. The summed E-state index contributed by atoms with van der Waals surface area (Å²) in [6.45, 7) is 4.21. The van der Waals surface area contributed by atoms with Crippen LogP contribution < -0.4 is 0 Å². The lowest BCUT2D eigenvalue weighted by Crippen LogP contribution is -2.14. The van der Waals surface area contributed by atoms with Crippen molar-refractivity contribution in [2.75, 3.05) is 20.8 Å². The number of carbonyl (C=O) groups excluding carboxylic acids is 1. The summed E-state index contributed by atoms with van der Waals surface area (Å²) in [6, 6.07) is 15.0. The summed E-state index contributed by atoms with van der Waals surface area (Å²) in [6.07, 6.45) is 1.35. The van der Waals surface area contributed by atoms with Gasteiger partial charge in [0.25, 0.3) is 0 Å². The molecule has 0 aliphatic rings. The lowest BCUT2D eigenvalue weighted by Gasteiger charge is -2.11. The number of ether oxygens (including phenoxy) is 2. The molecule has 0 saturated carbocycles. The van der Waals surface area contributed by atoms with E-state index in [4.69, 9.17) is 19.1 Å². The minimum Gasteiger partial charge on any atom is -0.503 e. The van der Waals surface area contributed by atoms with Crippen LogP contribution in [0.1, 0.15) is 30.5 Å². The third-order valence-corrected chi connectivity index (χ3v) is 4.64. The van der Waals surface area contributed by atoms with Gasteiger partial charge in [0.05, 0.1) is 20.5 Å². The van der Waals surface area contributed by atoms with Crippen LogP contribution in [0.5, 0.6) is 0 Å². The first-order valence-corrected chi connectivity index (χ1v) is 10.3. The van der Waals surface area contributed by atoms with E-state index in [1.54, 1.807) is 13.0 Å². The third-order valence-electron chi connectivity index (χ3n) is 4.12. The zero-order valence-electron chi connectivity index (χ0n) is 17.9. The average molecular weight is 489 g/mol. The van der Waals surface area contributed by atoms with Gasteiger partial charge in [-0.1, -0.05) is 62.6 Å². The van der Waals surface area contributed by atoms with Crippen LogP contribution in [0.2, 0.25) is 0 Å².